The van der Waals surface area contributed by atoms with Crippen molar-refractivity contribution in [2.75, 3.05) is 9.80 Å². The molecule has 8 aromatic carbocycles. The monoisotopic (exact) mass is 834 g/mol. The molecular weight excluding hydrogens is 791 g/mol. The third-order valence-corrected chi connectivity index (χ3v) is 13.9. The molecule has 0 unspecified atom stereocenters. The molecule has 7 heteroatoms. The minimum atomic E-state index is -0.121. The Labute approximate surface area is 378 Å². The summed E-state index contributed by atoms with van der Waals surface area (Å²) in [6.07, 6.45) is 1.89. The summed E-state index contributed by atoms with van der Waals surface area (Å²) < 4.78 is 4.73. The topological polar surface area (TPSA) is 42.1 Å². The second-order valence-electron chi connectivity index (χ2n) is 17.6. The molecule has 65 heavy (non-hydrogen) atoms. The van der Waals surface area contributed by atoms with Crippen LogP contribution in [0.15, 0.2) is 188 Å². The van der Waals surface area contributed by atoms with Gasteiger partial charge in [-0.05, 0) is 145 Å². The smallest absolute Gasteiger partial charge is 0.252 e. The van der Waals surface area contributed by atoms with Gasteiger partial charge < -0.3 is 9.80 Å². The first-order valence-corrected chi connectivity index (χ1v) is 22.5. The lowest BCUT2D eigenvalue weighted by atomic mass is 9.33. The zero-order valence-electron chi connectivity index (χ0n) is 36.7. The molecule has 6 nitrogen and oxygen atoms in total. The Morgan fingerprint density at radius 3 is 1.74 bits per heavy atom. The Kier molecular flexibility index (Phi) is 8.16. The van der Waals surface area contributed by atoms with Crippen molar-refractivity contribution in [3.05, 3.63) is 210 Å². The maximum atomic E-state index is 5.46. The summed E-state index contributed by atoms with van der Waals surface area (Å²) in [5.74, 6) is 1.82. The van der Waals surface area contributed by atoms with Crippen LogP contribution in [0.1, 0.15) is 22.3 Å². The van der Waals surface area contributed by atoms with Crippen molar-refractivity contribution in [3.63, 3.8) is 0 Å². The van der Waals surface area contributed by atoms with Crippen molar-refractivity contribution in [3.8, 4) is 22.9 Å². The molecule has 308 valence electrons. The van der Waals surface area contributed by atoms with Crippen molar-refractivity contribution in [2.45, 2.75) is 27.7 Å². The average molecular weight is 835 g/mol. The Bertz CT molecular complexity index is 3730. The Morgan fingerprint density at radius 2 is 1.02 bits per heavy atom. The van der Waals surface area contributed by atoms with E-state index in [2.05, 4.69) is 223 Å². The predicted octanol–water partition coefficient (Wildman–Crippen LogP) is 12.5. The van der Waals surface area contributed by atoms with Crippen LogP contribution in [0.25, 0.3) is 55.7 Å². The van der Waals surface area contributed by atoms with Gasteiger partial charge in [0.05, 0.1) is 27.8 Å². The number of aromatic nitrogens is 4. The van der Waals surface area contributed by atoms with Crippen molar-refractivity contribution >= 4 is 90.1 Å². The minimum absolute atomic E-state index is 0.121. The third-order valence-electron chi connectivity index (χ3n) is 13.9. The number of hydrogen-bond donors (Lipinski definition) is 0. The third kappa shape index (κ3) is 5.42. The highest BCUT2D eigenvalue weighted by molar-refractivity contribution is 7.00. The van der Waals surface area contributed by atoms with Gasteiger partial charge in [0.1, 0.15) is 11.6 Å². The number of rotatable bonds is 5. The number of fused-ring (bicyclic) bond motifs is 8. The van der Waals surface area contributed by atoms with Gasteiger partial charge in [-0.2, -0.15) is 0 Å². The van der Waals surface area contributed by atoms with E-state index in [1.807, 2.05) is 12.3 Å². The highest BCUT2D eigenvalue weighted by Crippen LogP contribution is 2.47. The van der Waals surface area contributed by atoms with E-state index in [0.29, 0.717) is 0 Å². The molecule has 11 aromatic rings. The van der Waals surface area contributed by atoms with Crippen molar-refractivity contribution < 1.29 is 0 Å². The van der Waals surface area contributed by atoms with Crippen LogP contribution >= 0.6 is 0 Å². The molecule has 2 aliphatic rings. The molecule has 0 fully saturated rings. The van der Waals surface area contributed by atoms with Gasteiger partial charge in [0.25, 0.3) is 6.71 Å². The summed E-state index contributed by atoms with van der Waals surface area (Å²) in [6, 6.07) is 66.5. The summed E-state index contributed by atoms with van der Waals surface area (Å²) in [7, 11) is 0. The molecule has 0 amide bonds. The molecule has 5 heterocycles. The largest absolute Gasteiger partial charge is 0.311 e. The molecule has 13 rings (SSSR count). The number of nitrogens with zero attached hydrogens (tertiary/aromatic N) is 6. The van der Waals surface area contributed by atoms with Gasteiger partial charge in [-0.15, -0.1) is 0 Å². The number of imidazole rings is 1. The zero-order chi connectivity index (χ0) is 43.5. The Morgan fingerprint density at radius 1 is 0.415 bits per heavy atom. The van der Waals surface area contributed by atoms with E-state index < -0.39 is 0 Å². The second kappa shape index (κ2) is 14.2. The SMILES string of the molecule is Cc1ccccc1N1c2ccc(-c3nc4ccccc4n3-c3c(C)cccc3C)cc2B2c3cc4c(cc3N(c3ccccc3C)c3cccc1c32)c1ccccc1n4-c1ccccn1. The molecule has 0 radical (unpaired) electrons. The van der Waals surface area contributed by atoms with Crippen LogP contribution in [-0.2, 0) is 0 Å². The maximum absolute atomic E-state index is 5.46. The average Bonchev–Trinajstić information content (AvgIpc) is 3.87. The number of para-hydroxylation sites is 6. The van der Waals surface area contributed by atoms with Gasteiger partial charge >= 0.3 is 0 Å². The van der Waals surface area contributed by atoms with Gasteiger partial charge in [0, 0.05) is 56.7 Å². The van der Waals surface area contributed by atoms with Crippen LogP contribution in [0.2, 0.25) is 0 Å². The normalized spacial score (nSPS) is 12.8. The first kappa shape index (κ1) is 37.4. The molecular formula is C58H43BN6. The summed E-state index contributed by atoms with van der Waals surface area (Å²) in [5.41, 5.74) is 22.2. The van der Waals surface area contributed by atoms with E-state index in [-0.39, 0.29) is 6.71 Å². The lowest BCUT2D eigenvalue weighted by molar-refractivity contribution is 1.06. The Hall–Kier alpha value is -8.16. The fourth-order valence-electron chi connectivity index (χ4n) is 11.0. The maximum Gasteiger partial charge on any atom is 0.252 e. The van der Waals surface area contributed by atoms with Crippen LogP contribution in [0.4, 0.5) is 34.1 Å². The van der Waals surface area contributed by atoms with Crippen LogP contribution in [-0.4, -0.2) is 25.8 Å². The number of hydrogen-bond acceptors (Lipinski definition) is 4. The molecule has 0 saturated heterocycles. The van der Waals surface area contributed by atoms with Crippen molar-refractivity contribution in [1.29, 1.82) is 0 Å². The van der Waals surface area contributed by atoms with Crippen LogP contribution in [0, 0.1) is 27.7 Å². The fraction of sp³-hybridized carbons (Fsp3) is 0.0690. The standard InChI is InChI=1S/C58H43BN6/c1-36-17-5-9-23-46(36)62-49-31-30-40(58-61-45-22-8-12-26-50(45)65(58)57-38(3)19-15-20-39(57)4)33-43(49)59-44-35-53-42(41-21-7-11-25-48(41)64(53)55-29-13-14-32-60-55)34-54(44)63(47-24-10-6-18-37(47)2)52-28-16-27-51(62)56(52)59/h5-35H,1-4H3. The number of anilines is 6. The van der Waals surface area contributed by atoms with Crippen molar-refractivity contribution in [2.24, 2.45) is 0 Å². The zero-order valence-corrected chi connectivity index (χ0v) is 36.7. The first-order chi connectivity index (χ1) is 31.9. The van der Waals surface area contributed by atoms with Gasteiger partial charge in [-0.1, -0.05) is 103 Å². The summed E-state index contributed by atoms with van der Waals surface area (Å²) in [4.78, 5) is 15.4. The summed E-state index contributed by atoms with van der Waals surface area (Å²) in [5, 5.41) is 2.39. The van der Waals surface area contributed by atoms with Crippen LogP contribution < -0.4 is 26.2 Å². The molecule has 2 aliphatic heterocycles. The molecule has 0 spiro atoms. The molecule has 0 bridgehead atoms. The van der Waals surface area contributed by atoms with E-state index in [9.17, 15) is 0 Å². The lowest BCUT2D eigenvalue weighted by Crippen LogP contribution is -2.61. The number of aryl methyl sites for hydroxylation is 4. The van der Waals surface area contributed by atoms with E-state index in [0.717, 1.165) is 56.3 Å². The molecule has 3 aromatic heterocycles. The van der Waals surface area contributed by atoms with Crippen molar-refractivity contribution in [1.82, 2.24) is 19.1 Å². The highest BCUT2D eigenvalue weighted by atomic mass is 15.2. The summed E-state index contributed by atoms with van der Waals surface area (Å²) >= 11 is 0. The van der Waals surface area contributed by atoms with E-state index in [1.54, 1.807) is 0 Å². The van der Waals surface area contributed by atoms with E-state index >= 15 is 0 Å². The minimum Gasteiger partial charge on any atom is -0.311 e. The molecule has 0 aliphatic carbocycles. The summed E-state index contributed by atoms with van der Waals surface area (Å²) in [6.45, 7) is 8.74. The highest BCUT2D eigenvalue weighted by Gasteiger charge is 2.44. The van der Waals surface area contributed by atoms with E-state index in [4.69, 9.17) is 9.97 Å². The Balaban J connectivity index is 1.16. The van der Waals surface area contributed by atoms with Gasteiger partial charge in [0.2, 0.25) is 0 Å². The van der Waals surface area contributed by atoms with Crippen LogP contribution in [0.5, 0.6) is 0 Å². The van der Waals surface area contributed by atoms with Gasteiger partial charge in [-0.25, -0.2) is 9.97 Å². The second-order valence-corrected chi connectivity index (χ2v) is 17.6. The van der Waals surface area contributed by atoms with E-state index in [1.165, 1.54) is 72.2 Å². The molecule has 0 saturated carbocycles. The fourth-order valence-corrected chi connectivity index (χ4v) is 11.0. The number of pyridine rings is 1. The quantitative estimate of drug-likeness (QED) is 0.162. The molecule has 0 atom stereocenters. The lowest BCUT2D eigenvalue weighted by Gasteiger charge is -2.44. The van der Waals surface area contributed by atoms with Gasteiger partial charge in [-0.3, -0.25) is 9.13 Å². The predicted molar refractivity (Wildman–Crippen MR) is 272 cm³/mol. The number of benzene rings is 8. The van der Waals surface area contributed by atoms with Gasteiger partial charge in [0.15, 0.2) is 0 Å². The van der Waals surface area contributed by atoms with Crippen LogP contribution in [0.3, 0.4) is 0 Å². The first-order valence-electron chi connectivity index (χ1n) is 22.5. The molecule has 0 N–H and O–H groups in total.